The van der Waals surface area contributed by atoms with E-state index in [0.717, 1.165) is 11.1 Å². The van der Waals surface area contributed by atoms with Crippen molar-refractivity contribution in [1.82, 2.24) is 5.43 Å². The third-order valence-electron chi connectivity index (χ3n) is 4.06. The first-order valence-corrected chi connectivity index (χ1v) is 10.3. The normalized spacial score (nSPS) is 10.7. The van der Waals surface area contributed by atoms with Gasteiger partial charge in [-0.1, -0.05) is 23.7 Å². The Labute approximate surface area is 190 Å². The van der Waals surface area contributed by atoms with E-state index in [2.05, 4.69) is 15.8 Å². The van der Waals surface area contributed by atoms with Gasteiger partial charge in [-0.25, -0.2) is 4.39 Å². The molecule has 31 heavy (non-hydrogen) atoms. The standard InChI is InChI=1S/C23H21ClFN3O2S/c1-2-29-22-13-17(5-12-21(22)30-15-16-3-6-18(24)7-4-16)14-26-28-23(31)27-20-10-8-19(25)9-11-20/h3-14H,2,15H2,1H3,(H2,27,28,31)/b26-14+. The molecule has 0 aliphatic heterocycles. The third kappa shape index (κ3) is 7.24. The van der Waals surface area contributed by atoms with Gasteiger partial charge in [-0.15, -0.1) is 0 Å². The summed E-state index contributed by atoms with van der Waals surface area (Å²) in [7, 11) is 0. The van der Waals surface area contributed by atoms with Gasteiger partial charge in [0.1, 0.15) is 12.4 Å². The second kappa shape index (κ2) is 11.3. The summed E-state index contributed by atoms with van der Waals surface area (Å²) in [5.41, 5.74) is 5.20. The number of hydrazone groups is 1. The van der Waals surface area contributed by atoms with Gasteiger partial charge in [0, 0.05) is 10.7 Å². The van der Waals surface area contributed by atoms with E-state index >= 15 is 0 Å². The van der Waals surface area contributed by atoms with Crippen LogP contribution in [0.5, 0.6) is 11.5 Å². The van der Waals surface area contributed by atoms with Crippen LogP contribution in [-0.2, 0) is 6.61 Å². The van der Waals surface area contributed by atoms with E-state index in [9.17, 15) is 4.39 Å². The summed E-state index contributed by atoms with van der Waals surface area (Å²) < 4.78 is 24.6. The highest BCUT2D eigenvalue weighted by Crippen LogP contribution is 2.29. The fraction of sp³-hybridized carbons (Fsp3) is 0.130. The Hall–Kier alpha value is -3.16. The van der Waals surface area contributed by atoms with E-state index < -0.39 is 0 Å². The minimum Gasteiger partial charge on any atom is -0.490 e. The molecule has 0 unspecified atom stereocenters. The summed E-state index contributed by atoms with van der Waals surface area (Å²) in [4.78, 5) is 0. The zero-order chi connectivity index (χ0) is 22.1. The zero-order valence-electron chi connectivity index (χ0n) is 16.8. The van der Waals surface area contributed by atoms with E-state index in [1.54, 1.807) is 18.3 Å². The Morgan fingerprint density at radius 1 is 1.03 bits per heavy atom. The third-order valence-corrected chi connectivity index (χ3v) is 4.50. The van der Waals surface area contributed by atoms with Crippen LogP contribution in [-0.4, -0.2) is 17.9 Å². The highest BCUT2D eigenvalue weighted by atomic mass is 35.5. The smallest absolute Gasteiger partial charge is 0.191 e. The van der Waals surface area contributed by atoms with Crippen LogP contribution in [0.15, 0.2) is 71.8 Å². The molecule has 0 aliphatic carbocycles. The van der Waals surface area contributed by atoms with Crippen LogP contribution in [0.25, 0.3) is 0 Å². The molecule has 0 heterocycles. The van der Waals surface area contributed by atoms with E-state index in [4.69, 9.17) is 33.3 Å². The first-order valence-electron chi connectivity index (χ1n) is 9.53. The van der Waals surface area contributed by atoms with E-state index in [-0.39, 0.29) is 10.9 Å². The van der Waals surface area contributed by atoms with E-state index in [1.165, 1.54) is 12.1 Å². The summed E-state index contributed by atoms with van der Waals surface area (Å²) in [5, 5.41) is 8.02. The molecule has 0 saturated carbocycles. The van der Waals surface area contributed by atoms with Gasteiger partial charge in [0.05, 0.1) is 12.8 Å². The molecule has 0 saturated heterocycles. The fourth-order valence-corrected chi connectivity index (χ4v) is 2.89. The lowest BCUT2D eigenvalue weighted by Crippen LogP contribution is -2.23. The molecule has 3 aromatic carbocycles. The van der Waals surface area contributed by atoms with Gasteiger partial charge in [0.15, 0.2) is 16.6 Å². The summed E-state index contributed by atoms with van der Waals surface area (Å²) in [5.74, 6) is 0.941. The van der Waals surface area contributed by atoms with Crippen molar-refractivity contribution >= 4 is 40.8 Å². The number of nitrogens with one attached hydrogen (secondary N) is 2. The van der Waals surface area contributed by atoms with Crippen molar-refractivity contribution in [1.29, 1.82) is 0 Å². The molecule has 0 amide bonds. The van der Waals surface area contributed by atoms with Gasteiger partial charge in [0.2, 0.25) is 0 Å². The second-order valence-electron chi connectivity index (χ2n) is 6.39. The number of hydrogen-bond acceptors (Lipinski definition) is 4. The number of anilines is 1. The fourth-order valence-electron chi connectivity index (χ4n) is 2.59. The molecule has 0 aromatic heterocycles. The summed E-state index contributed by atoms with van der Waals surface area (Å²) in [6.45, 7) is 2.81. The summed E-state index contributed by atoms with van der Waals surface area (Å²) >= 11 is 11.1. The largest absolute Gasteiger partial charge is 0.490 e. The van der Waals surface area contributed by atoms with Crippen molar-refractivity contribution in [3.8, 4) is 11.5 Å². The second-order valence-corrected chi connectivity index (χ2v) is 7.23. The molecule has 0 fully saturated rings. The highest BCUT2D eigenvalue weighted by Gasteiger charge is 2.07. The van der Waals surface area contributed by atoms with Crippen LogP contribution in [0.1, 0.15) is 18.1 Å². The van der Waals surface area contributed by atoms with Crippen LogP contribution < -0.4 is 20.2 Å². The van der Waals surface area contributed by atoms with Gasteiger partial charge in [-0.2, -0.15) is 5.10 Å². The Kier molecular flexibility index (Phi) is 8.20. The molecular weight excluding hydrogens is 437 g/mol. The Morgan fingerprint density at radius 3 is 2.48 bits per heavy atom. The number of hydrogen-bond donors (Lipinski definition) is 2. The minimum absolute atomic E-state index is 0.288. The molecule has 8 heteroatoms. The van der Waals surface area contributed by atoms with E-state index in [0.29, 0.717) is 35.4 Å². The molecule has 0 radical (unpaired) electrons. The molecule has 0 atom stereocenters. The molecule has 3 aromatic rings. The molecular formula is C23H21ClFN3O2S. The number of nitrogens with zero attached hydrogens (tertiary/aromatic N) is 1. The maximum atomic E-state index is 13.0. The lowest BCUT2D eigenvalue weighted by atomic mass is 10.2. The average Bonchev–Trinajstić information content (AvgIpc) is 2.76. The van der Waals surface area contributed by atoms with Gasteiger partial charge in [0.25, 0.3) is 0 Å². The predicted octanol–water partition coefficient (Wildman–Crippen LogP) is 5.78. The van der Waals surface area contributed by atoms with Crippen LogP contribution in [0.3, 0.4) is 0 Å². The molecule has 0 bridgehead atoms. The first-order chi connectivity index (χ1) is 15.0. The van der Waals surface area contributed by atoms with Crippen molar-refractivity contribution in [3.05, 3.63) is 88.7 Å². The van der Waals surface area contributed by atoms with Crippen molar-refractivity contribution < 1.29 is 13.9 Å². The molecule has 2 N–H and O–H groups in total. The van der Waals surface area contributed by atoms with Crippen molar-refractivity contribution in [2.45, 2.75) is 13.5 Å². The zero-order valence-corrected chi connectivity index (χ0v) is 18.3. The summed E-state index contributed by atoms with van der Waals surface area (Å²) in [6, 6.07) is 18.9. The van der Waals surface area contributed by atoms with Gasteiger partial charge in [-0.05, 0) is 84.9 Å². The van der Waals surface area contributed by atoms with Gasteiger partial charge in [-0.3, -0.25) is 5.43 Å². The predicted molar refractivity (Wildman–Crippen MR) is 127 cm³/mol. The van der Waals surface area contributed by atoms with Crippen molar-refractivity contribution in [2.24, 2.45) is 5.10 Å². The van der Waals surface area contributed by atoms with Gasteiger partial charge < -0.3 is 14.8 Å². The molecule has 0 spiro atoms. The molecule has 160 valence electrons. The minimum atomic E-state index is -0.312. The average molecular weight is 458 g/mol. The van der Waals surface area contributed by atoms with Crippen molar-refractivity contribution in [3.63, 3.8) is 0 Å². The monoisotopic (exact) mass is 457 g/mol. The Morgan fingerprint density at radius 2 is 1.77 bits per heavy atom. The highest BCUT2D eigenvalue weighted by molar-refractivity contribution is 7.80. The lowest BCUT2D eigenvalue weighted by Gasteiger charge is -2.13. The Bertz CT molecular complexity index is 1040. The first kappa shape index (κ1) is 22.5. The number of ether oxygens (including phenoxy) is 2. The quantitative estimate of drug-likeness (QED) is 0.255. The maximum absolute atomic E-state index is 13.0. The summed E-state index contributed by atoms with van der Waals surface area (Å²) in [6.07, 6.45) is 1.62. The van der Waals surface area contributed by atoms with Gasteiger partial charge >= 0.3 is 0 Å². The molecule has 5 nitrogen and oxygen atoms in total. The van der Waals surface area contributed by atoms with Crippen LogP contribution in [0.4, 0.5) is 10.1 Å². The molecule has 3 rings (SSSR count). The van der Waals surface area contributed by atoms with Crippen LogP contribution in [0.2, 0.25) is 5.02 Å². The number of halogens is 2. The SMILES string of the molecule is CCOc1cc(/C=N/NC(=S)Nc2ccc(F)cc2)ccc1OCc1ccc(Cl)cc1. The molecule has 0 aliphatic rings. The van der Waals surface area contributed by atoms with Crippen molar-refractivity contribution in [2.75, 3.05) is 11.9 Å². The van der Waals surface area contributed by atoms with Crippen LogP contribution >= 0.6 is 23.8 Å². The van der Waals surface area contributed by atoms with E-state index in [1.807, 2.05) is 49.4 Å². The van der Waals surface area contributed by atoms with Crippen LogP contribution in [0, 0.1) is 5.82 Å². The Balaban J connectivity index is 1.59. The lowest BCUT2D eigenvalue weighted by molar-refractivity contribution is 0.269. The topological polar surface area (TPSA) is 54.9 Å². The number of thiocarbonyl (C=S) groups is 1. The number of benzene rings is 3. The number of rotatable bonds is 8. The maximum Gasteiger partial charge on any atom is 0.191 e.